The molecule has 1 aromatic heterocycles. The van der Waals surface area contributed by atoms with Gasteiger partial charge in [-0.3, -0.25) is 4.68 Å². The van der Waals surface area contributed by atoms with Crippen LogP contribution < -0.4 is 0 Å². The van der Waals surface area contributed by atoms with Gasteiger partial charge in [0.05, 0.1) is 11.4 Å². The Morgan fingerprint density at radius 2 is 2.00 bits per heavy atom. The molecule has 19 heavy (non-hydrogen) atoms. The van der Waals surface area contributed by atoms with Crippen LogP contribution in [-0.2, 0) is 16.6 Å². The molecule has 2 heterocycles. The molecule has 108 valence electrons. The van der Waals surface area contributed by atoms with E-state index in [1.165, 1.54) is 0 Å². The van der Waals surface area contributed by atoms with Crippen molar-refractivity contribution >= 4 is 10.0 Å². The van der Waals surface area contributed by atoms with Gasteiger partial charge < -0.3 is 0 Å². The first-order valence-corrected chi connectivity index (χ1v) is 8.39. The topological polar surface area (TPSA) is 55.2 Å². The fourth-order valence-corrected chi connectivity index (χ4v) is 4.98. The highest BCUT2D eigenvalue weighted by Gasteiger charge is 2.34. The Bertz CT molecular complexity index is 563. The van der Waals surface area contributed by atoms with Crippen LogP contribution in [-0.4, -0.2) is 35.1 Å². The predicted molar refractivity (Wildman–Crippen MR) is 74.6 cm³/mol. The maximum absolute atomic E-state index is 12.8. The molecule has 0 aromatic carbocycles. The lowest BCUT2D eigenvalue weighted by atomic mass is 10.1. The van der Waals surface area contributed by atoms with Crippen LogP contribution in [0.5, 0.6) is 0 Å². The Hall–Kier alpha value is -0.880. The van der Waals surface area contributed by atoms with Crippen molar-refractivity contribution in [2.75, 3.05) is 6.54 Å². The normalized spacial score (nSPS) is 21.8. The maximum atomic E-state index is 12.8. The number of aromatic nitrogens is 2. The van der Waals surface area contributed by atoms with Crippen molar-refractivity contribution in [3.63, 3.8) is 0 Å². The first-order chi connectivity index (χ1) is 8.89. The van der Waals surface area contributed by atoms with Gasteiger partial charge in [-0.15, -0.1) is 0 Å². The minimum atomic E-state index is -3.41. The third kappa shape index (κ3) is 2.43. The summed E-state index contributed by atoms with van der Waals surface area (Å²) in [5.41, 5.74) is 1.36. The van der Waals surface area contributed by atoms with Gasteiger partial charge in [-0.25, -0.2) is 8.42 Å². The summed E-state index contributed by atoms with van der Waals surface area (Å²) in [6, 6.07) is 0.0857. The lowest BCUT2D eigenvalue weighted by Gasteiger charge is -2.32. The number of aryl methyl sites for hydroxylation is 2. The number of rotatable bonds is 3. The zero-order valence-corrected chi connectivity index (χ0v) is 13.0. The van der Waals surface area contributed by atoms with Gasteiger partial charge in [0.2, 0.25) is 10.0 Å². The van der Waals surface area contributed by atoms with E-state index < -0.39 is 10.0 Å². The molecule has 0 saturated carbocycles. The summed E-state index contributed by atoms with van der Waals surface area (Å²) in [5, 5.41) is 4.33. The van der Waals surface area contributed by atoms with Crippen molar-refractivity contribution < 1.29 is 8.42 Å². The van der Waals surface area contributed by atoms with Gasteiger partial charge in [0.25, 0.3) is 0 Å². The summed E-state index contributed by atoms with van der Waals surface area (Å²) >= 11 is 0. The maximum Gasteiger partial charge on any atom is 0.246 e. The van der Waals surface area contributed by atoms with Crippen LogP contribution in [0, 0.1) is 13.8 Å². The molecule has 0 radical (unpaired) electrons. The molecule has 0 aliphatic carbocycles. The van der Waals surface area contributed by atoms with Crippen molar-refractivity contribution in [3.05, 3.63) is 11.4 Å². The van der Waals surface area contributed by atoms with Crippen LogP contribution in [0.3, 0.4) is 0 Å². The largest absolute Gasteiger partial charge is 0.268 e. The zero-order chi connectivity index (χ0) is 14.2. The number of sulfonamides is 1. The summed E-state index contributed by atoms with van der Waals surface area (Å²) in [5.74, 6) is 0. The highest BCUT2D eigenvalue weighted by Crippen LogP contribution is 2.28. The zero-order valence-electron chi connectivity index (χ0n) is 12.2. The lowest BCUT2D eigenvalue weighted by Crippen LogP contribution is -2.42. The molecule has 0 spiro atoms. The van der Waals surface area contributed by atoms with E-state index in [1.807, 2.05) is 20.8 Å². The van der Waals surface area contributed by atoms with Crippen LogP contribution in [0.15, 0.2) is 4.90 Å². The molecule has 0 N–H and O–H groups in total. The summed E-state index contributed by atoms with van der Waals surface area (Å²) in [6.45, 7) is 8.90. The molecule has 1 aliphatic heterocycles. The van der Waals surface area contributed by atoms with E-state index in [9.17, 15) is 8.42 Å². The van der Waals surface area contributed by atoms with Crippen molar-refractivity contribution in [2.24, 2.45) is 0 Å². The monoisotopic (exact) mass is 285 g/mol. The Kier molecular flexibility index (Phi) is 4.01. The Morgan fingerprint density at radius 1 is 1.32 bits per heavy atom. The molecule has 0 amide bonds. The summed E-state index contributed by atoms with van der Waals surface area (Å²) < 4.78 is 29.1. The molecular weight excluding hydrogens is 262 g/mol. The van der Waals surface area contributed by atoms with E-state index in [0.717, 1.165) is 25.0 Å². The predicted octanol–water partition coefficient (Wildman–Crippen LogP) is 2.08. The van der Waals surface area contributed by atoms with Crippen molar-refractivity contribution in [1.29, 1.82) is 0 Å². The van der Waals surface area contributed by atoms with Gasteiger partial charge in [-0.05, 0) is 40.5 Å². The number of hydrogen-bond donors (Lipinski definition) is 0. The van der Waals surface area contributed by atoms with Crippen LogP contribution in [0.4, 0.5) is 0 Å². The second kappa shape index (κ2) is 5.25. The molecule has 1 aromatic rings. The first-order valence-electron chi connectivity index (χ1n) is 6.95. The Morgan fingerprint density at radius 3 is 2.53 bits per heavy atom. The van der Waals surface area contributed by atoms with Gasteiger partial charge in [-0.1, -0.05) is 6.42 Å². The first kappa shape index (κ1) is 14.5. The molecule has 1 atom stereocenters. The Balaban J connectivity index is 2.47. The van der Waals surface area contributed by atoms with E-state index in [1.54, 1.807) is 15.9 Å². The SMILES string of the molecule is CCn1nc(C)c(S(=O)(=O)N2CCCCC2C)c1C. The van der Waals surface area contributed by atoms with E-state index in [2.05, 4.69) is 5.10 Å². The van der Waals surface area contributed by atoms with Crippen molar-refractivity contribution in [3.8, 4) is 0 Å². The van der Waals surface area contributed by atoms with Crippen LogP contribution in [0.2, 0.25) is 0 Å². The second-order valence-electron chi connectivity index (χ2n) is 5.28. The van der Waals surface area contributed by atoms with Crippen LogP contribution >= 0.6 is 0 Å². The molecule has 1 fully saturated rings. The Labute approximate surface area is 115 Å². The van der Waals surface area contributed by atoms with Gasteiger partial charge in [-0.2, -0.15) is 9.40 Å². The summed E-state index contributed by atoms with van der Waals surface area (Å²) in [6.07, 6.45) is 3.00. The third-order valence-corrected chi connectivity index (χ3v) is 6.19. The third-order valence-electron chi connectivity index (χ3n) is 3.92. The van der Waals surface area contributed by atoms with Gasteiger partial charge in [0.1, 0.15) is 4.90 Å². The van der Waals surface area contributed by atoms with E-state index in [-0.39, 0.29) is 6.04 Å². The van der Waals surface area contributed by atoms with E-state index in [0.29, 0.717) is 23.7 Å². The number of piperidine rings is 1. The molecule has 0 bridgehead atoms. The second-order valence-corrected chi connectivity index (χ2v) is 7.10. The van der Waals surface area contributed by atoms with Crippen molar-refractivity contribution in [1.82, 2.24) is 14.1 Å². The minimum Gasteiger partial charge on any atom is -0.268 e. The lowest BCUT2D eigenvalue weighted by molar-refractivity contribution is 0.268. The molecule has 6 heteroatoms. The minimum absolute atomic E-state index is 0.0857. The van der Waals surface area contributed by atoms with Crippen LogP contribution in [0.25, 0.3) is 0 Å². The number of nitrogens with zero attached hydrogens (tertiary/aromatic N) is 3. The highest BCUT2D eigenvalue weighted by atomic mass is 32.2. The van der Waals surface area contributed by atoms with Crippen molar-refractivity contribution in [2.45, 2.75) is 64.4 Å². The molecule has 1 saturated heterocycles. The molecule has 1 unspecified atom stereocenters. The quantitative estimate of drug-likeness (QED) is 0.854. The van der Waals surface area contributed by atoms with E-state index >= 15 is 0 Å². The average Bonchev–Trinajstić information content (AvgIpc) is 2.64. The molecular formula is C13H23N3O2S. The van der Waals surface area contributed by atoms with Gasteiger partial charge in [0.15, 0.2) is 0 Å². The van der Waals surface area contributed by atoms with Gasteiger partial charge >= 0.3 is 0 Å². The van der Waals surface area contributed by atoms with Crippen LogP contribution in [0.1, 0.15) is 44.5 Å². The van der Waals surface area contributed by atoms with Gasteiger partial charge in [0, 0.05) is 19.1 Å². The summed E-state index contributed by atoms with van der Waals surface area (Å²) in [7, 11) is -3.41. The smallest absolute Gasteiger partial charge is 0.246 e. The summed E-state index contributed by atoms with van der Waals surface area (Å²) in [4.78, 5) is 0.406. The highest BCUT2D eigenvalue weighted by molar-refractivity contribution is 7.89. The molecule has 5 nitrogen and oxygen atoms in total. The molecule has 1 aliphatic rings. The van der Waals surface area contributed by atoms with E-state index in [4.69, 9.17) is 0 Å². The average molecular weight is 285 g/mol. The number of hydrogen-bond acceptors (Lipinski definition) is 3. The fraction of sp³-hybridized carbons (Fsp3) is 0.769. The molecule has 2 rings (SSSR count). The fourth-order valence-electron chi connectivity index (χ4n) is 2.91. The standard InChI is InChI=1S/C13H23N3O2S/c1-5-15-12(4)13(11(3)14-15)19(17,18)16-9-7-6-8-10(16)2/h10H,5-9H2,1-4H3.